The first-order valence-corrected chi connectivity index (χ1v) is 24.4. The second-order valence-corrected chi connectivity index (χ2v) is 19.6. The van der Waals surface area contributed by atoms with Crippen molar-refractivity contribution in [1.82, 2.24) is 0 Å². The third kappa shape index (κ3) is 21.7. The van der Waals surface area contributed by atoms with Gasteiger partial charge in [0.25, 0.3) is 0 Å². The van der Waals surface area contributed by atoms with Crippen LogP contribution in [0.2, 0.25) is 4.44 Å². The van der Waals surface area contributed by atoms with Crippen LogP contribution in [-0.2, 0) is 37.8 Å². The van der Waals surface area contributed by atoms with Gasteiger partial charge in [0.1, 0.15) is 0 Å². The Labute approximate surface area is 295 Å². The molecule has 3 unspecified atom stereocenters. The van der Waals surface area contributed by atoms with Crippen molar-refractivity contribution in [3.8, 4) is 0 Å². The molecular weight excluding hydrogens is 743 g/mol. The van der Waals surface area contributed by atoms with E-state index in [1.54, 1.807) is 0 Å². The molecule has 0 aromatic carbocycles. The molecule has 0 aromatic heterocycles. The first-order chi connectivity index (χ1) is 21.8. The number of ether oxygens (including phenoxy) is 3. The summed E-state index contributed by atoms with van der Waals surface area (Å²) >= 11 is 7.82. The molecule has 45 heavy (non-hydrogen) atoms. The molecule has 0 aliphatic heterocycles. The van der Waals surface area contributed by atoms with E-state index in [1.807, 2.05) is 0 Å². The number of unbranched alkanes of at least 4 members (excludes halogenated alkanes) is 8. The average molecular weight is 806 g/mol. The maximum atomic E-state index is 13.6. The van der Waals surface area contributed by atoms with Gasteiger partial charge < -0.3 is 0 Å². The van der Waals surface area contributed by atoms with Crippen LogP contribution < -0.4 is 0 Å². The van der Waals surface area contributed by atoms with Crippen LogP contribution in [0.4, 0.5) is 0 Å². The average Bonchev–Trinajstić information content (AvgIpc) is 3.02. The van der Waals surface area contributed by atoms with Gasteiger partial charge in [-0.3, -0.25) is 0 Å². The summed E-state index contributed by atoms with van der Waals surface area (Å²) in [6, 6.07) is 0. The zero-order valence-corrected chi connectivity index (χ0v) is 33.8. The predicted molar refractivity (Wildman–Crippen MR) is 191 cm³/mol. The van der Waals surface area contributed by atoms with Gasteiger partial charge in [0.2, 0.25) is 0 Å². The van der Waals surface area contributed by atoms with Gasteiger partial charge in [-0.1, -0.05) is 0 Å². The molecule has 0 spiro atoms. The molecule has 0 aliphatic carbocycles. The van der Waals surface area contributed by atoms with Crippen molar-refractivity contribution in [1.29, 1.82) is 0 Å². The summed E-state index contributed by atoms with van der Waals surface area (Å²) < 4.78 is 35.7. The SMILES string of the molecule is CCCCCCC[CH2][Sn]([O]C(=O)C(CS)COCCCC)([O]C(=O)C(CS)COCCCC)[O]C(=O)C(CS)COCCCC. The Bertz CT molecular complexity index is 680. The number of thiol groups is 3. The minimum absolute atomic E-state index is 0.109. The predicted octanol–water partition coefficient (Wildman–Crippen LogP) is 7.00. The van der Waals surface area contributed by atoms with Crippen LogP contribution in [0.15, 0.2) is 0 Å². The van der Waals surface area contributed by atoms with Crippen LogP contribution in [0, 0.1) is 17.8 Å². The Morgan fingerprint density at radius 1 is 0.489 bits per heavy atom. The normalized spacial score (nSPS) is 14.7. The van der Waals surface area contributed by atoms with Crippen LogP contribution in [0.5, 0.6) is 0 Å². The molecule has 9 nitrogen and oxygen atoms in total. The van der Waals surface area contributed by atoms with E-state index >= 15 is 0 Å². The first-order valence-electron chi connectivity index (χ1n) is 17.0. The summed E-state index contributed by atoms with van der Waals surface area (Å²) in [7, 11) is 0. The molecule has 3 atom stereocenters. The quantitative estimate of drug-likeness (QED) is 0.0388. The molecule has 266 valence electrons. The molecule has 0 fully saturated rings. The molecule has 0 heterocycles. The Balaban J connectivity index is 6.24. The third-order valence-corrected chi connectivity index (χ3v) is 15.6. The van der Waals surface area contributed by atoms with Gasteiger partial charge in [-0.05, 0) is 0 Å². The van der Waals surface area contributed by atoms with Gasteiger partial charge in [0, 0.05) is 0 Å². The first kappa shape index (κ1) is 45.1. The molecule has 0 aromatic rings. The van der Waals surface area contributed by atoms with Crippen LogP contribution in [0.1, 0.15) is 105 Å². The summed E-state index contributed by atoms with van der Waals surface area (Å²) in [5.41, 5.74) is 0. The Kier molecular flexibility index (Phi) is 30.3. The van der Waals surface area contributed by atoms with E-state index in [0.29, 0.717) is 26.2 Å². The third-order valence-electron chi connectivity index (χ3n) is 7.15. The number of hydrogen-bond acceptors (Lipinski definition) is 12. The second-order valence-electron chi connectivity index (χ2n) is 11.4. The van der Waals surface area contributed by atoms with Crippen LogP contribution in [0.25, 0.3) is 0 Å². The summed E-state index contributed by atoms with van der Waals surface area (Å²) in [4.78, 5) is 40.8. The number of carbonyl (C=O) groups is 3. The standard InChI is InChI=1S/3C8H16O3S.C8H17.Sn/c3*1-2-3-4-11-5-7(6-12)8(9)10;1-3-5-7-8-6-4-2;/h3*7,12H,2-6H2,1H3,(H,9,10);1,3-8H2,2H3;/q;;;;+3/p-3. The molecular formula is C32H62O9S3Sn. The molecule has 13 heteroatoms. The molecule has 0 rings (SSSR count). The molecule has 0 amide bonds. The molecule has 0 saturated carbocycles. The fraction of sp³-hybridized carbons (Fsp3) is 0.906. The van der Waals surface area contributed by atoms with E-state index in [4.69, 9.17) is 23.4 Å². The summed E-state index contributed by atoms with van der Waals surface area (Å²) in [6.45, 7) is 10.2. The van der Waals surface area contributed by atoms with E-state index in [-0.39, 0.29) is 41.5 Å². The summed E-state index contributed by atoms with van der Waals surface area (Å²) in [5, 5.41) is 0. The van der Waals surface area contributed by atoms with Gasteiger partial charge in [-0.15, -0.1) is 0 Å². The molecule has 0 saturated heterocycles. The topological polar surface area (TPSA) is 107 Å². The van der Waals surface area contributed by atoms with Crippen molar-refractivity contribution in [3.63, 3.8) is 0 Å². The van der Waals surface area contributed by atoms with E-state index in [2.05, 4.69) is 65.6 Å². The number of rotatable bonds is 31. The van der Waals surface area contributed by atoms with Gasteiger partial charge in [0.05, 0.1) is 0 Å². The van der Waals surface area contributed by atoms with Gasteiger partial charge >= 0.3 is 297 Å². The van der Waals surface area contributed by atoms with Crippen LogP contribution in [-0.4, -0.2) is 94.4 Å². The van der Waals surface area contributed by atoms with Crippen molar-refractivity contribution in [3.05, 3.63) is 0 Å². The fourth-order valence-corrected chi connectivity index (χ4v) is 12.0. The van der Waals surface area contributed by atoms with Crippen molar-refractivity contribution in [2.45, 2.75) is 109 Å². The van der Waals surface area contributed by atoms with Gasteiger partial charge in [-0.25, -0.2) is 0 Å². The second kappa shape index (κ2) is 30.2. The Morgan fingerprint density at radius 2 is 0.800 bits per heavy atom. The summed E-state index contributed by atoms with van der Waals surface area (Å²) in [5.74, 6) is -3.52. The van der Waals surface area contributed by atoms with E-state index in [1.165, 1.54) is 0 Å². The zero-order chi connectivity index (χ0) is 33.8. The van der Waals surface area contributed by atoms with Crippen LogP contribution in [0.3, 0.4) is 0 Å². The summed E-state index contributed by atoms with van der Waals surface area (Å²) in [6.07, 6.45) is 11.2. The molecule has 0 bridgehead atoms. The van der Waals surface area contributed by atoms with Crippen molar-refractivity contribution in [2.24, 2.45) is 17.8 Å². The molecule has 0 aliphatic rings. The maximum absolute atomic E-state index is 13.6. The minimum atomic E-state index is -5.29. The zero-order valence-electron chi connectivity index (χ0n) is 28.3. The Morgan fingerprint density at radius 3 is 1.11 bits per heavy atom. The number of carbonyl (C=O) groups excluding carboxylic acids is 3. The van der Waals surface area contributed by atoms with Crippen molar-refractivity contribution < 1.29 is 37.8 Å². The molecule has 0 radical (unpaired) electrons. The van der Waals surface area contributed by atoms with Gasteiger partial charge in [0.15, 0.2) is 0 Å². The van der Waals surface area contributed by atoms with Gasteiger partial charge in [-0.2, -0.15) is 0 Å². The fourth-order valence-electron chi connectivity index (χ4n) is 4.05. The van der Waals surface area contributed by atoms with E-state index < -0.39 is 55.3 Å². The molecule has 0 N–H and O–H groups in total. The number of hydrogen-bond donors (Lipinski definition) is 3. The van der Waals surface area contributed by atoms with Crippen molar-refractivity contribution >= 4 is 75.4 Å². The monoisotopic (exact) mass is 806 g/mol. The van der Waals surface area contributed by atoms with Crippen molar-refractivity contribution in [2.75, 3.05) is 56.9 Å². The van der Waals surface area contributed by atoms with Crippen LogP contribution >= 0.6 is 37.9 Å². The van der Waals surface area contributed by atoms with E-state index in [9.17, 15) is 14.4 Å². The van der Waals surface area contributed by atoms with E-state index in [0.717, 1.165) is 70.6 Å². The Hall–Kier alpha value is 0.139.